The van der Waals surface area contributed by atoms with Gasteiger partial charge in [0.2, 0.25) is 0 Å². The highest BCUT2D eigenvalue weighted by Gasteiger charge is 2.29. The Balaban J connectivity index is 2.21. The summed E-state index contributed by atoms with van der Waals surface area (Å²) >= 11 is 0. The fourth-order valence-electron chi connectivity index (χ4n) is 4.46. The van der Waals surface area contributed by atoms with Crippen LogP contribution in [0.5, 0.6) is 23.0 Å². The van der Waals surface area contributed by atoms with Crippen LogP contribution in [0.4, 0.5) is 0 Å². The maximum Gasteiger partial charge on any atom is 0.294 e. The van der Waals surface area contributed by atoms with E-state index in [-0.39, 0.29) is 31.1 Å². The molecule has 2 aromatic carbocycles. The molecule has 2 rings (SSSR count). The van der Waals surface area contributed by atoms with E-state index in [4.69, 9.17) is 24.2 Å². The average molecular weight is 544 g/mol. The summed E-state index contributed by atoms with van der Waals surface area (Å²) in [6.45, 7) is 8.70. The summed E-state index contributed by atoms with van der Waals surface area (Å²) in [5.41, 5.74) is 1.91. The van der Waals surface area contributed by atoms with Crippen LogP contribution in [0.2, 0.25) is 0 Å². The van der Waals surface area contributed by atoms with Crippen LogP contribution in [0, 0.1) is 27.4 Å². The molecule has 0 aliphatic rings. The molecule has 0 amide bonds. The van der Waals surface area contributed by atoms with Gasteiger partial charge in [0.05, 0.1) is 26.7 Å². The molecule has 0 radical (unpaired) electrons. The quantitative estimate of drug-likeness (QED) is 0.198. The highest BCUT2D eigenvalue weighted by Crippen LogP contribution is 2.33. The average Bonchev–Trinajstić information content (AvgIpc) is 2.90. The van der Waals surface area contributed by atoms with Gasteiger partial charge < -0.3 is 23.8 Å². The lowest BCUT2D eigenvalue weighted by Gasteiger charge is -2.37. The Kier molecular flexibility index (Phi) is 12.6. The first-order valence-corrected chi connectivity index (χ1v) is 13.1. The molecule has 0 fully saturated rings. The smallest absolute Gasteiger partial charge is 0.294 e. The number of rotatable bonds is 17. The number of nitrogens with zero attached hydrogens (tertiary/aromatic N) is 3. The molecule has 39 heavy (non-hydrogen) atoms. The van der Waals surface area contributed by atoms with Crippen LogP contribution in [0.15, 0.2) is 36.4 Å². The van der Waals surface area contributed by atoms with E-state index in [1.807, 2.05) is 24.3 Å². The molecule has 3 unspecified atom stereocenters. The SMILES string of the molecule is CCC(C(Oc1ccc(CC#N)cc1OCC(C)O[N+](=O)[O-])C(C)C)N(C)CCc1ccc(OC)c(OC)c1. The van der Waals surface area contributed by atoms with Crippen LogP contribution >= 0.6 is 0 Å². The lowest BCUT2D eigenvalue weighted by Crippen LogP contribution is -2.47. The minimum absolute atomic E-state index is 0.0396. The second kappa shape index (κ2) is 15.6. The van der Waals surface area contributed by atoms with Crippen LogP contribution in [-0.2, 0) is 17.7 Å². The highest BCUT2D eigenvalue weighted by atomic mass is 17.0. The third-order valence-electron chi connectivity index (χ3n) is 6.52. The normalized spacial score (nSPS) is 13.3. The summed E-state index contributed by atoms with van der Waals surface area (Å²) in [5.74, 6) is 2.54. The van der Waals surface area contributed by atoms with Crippen molar-refractivity contribution in [3.63, 3.8) is 0 Å². The van der Waals surface area contributed by atoms with Crippen molar-refractivity contribution in [2.75, 3.05) is 34.4 Å². The highest BCUT2D eigenvalue weighted by molar-refractivity contribution is 5.44. The first-order chi connectivity index (χ1) is 18.6. The van der Waals surface area contributed by atoms with Gasteiger partial charge in [0.25, 0.3) is 5.09 Å². The zero-order valence-electron chi connectivity index (χ0n) is 24.0. The molecule has 0 aromatic heterocycles. The zero-order chi connectivity index (χ0) is 28.9. The third kappa shape index (κ3) is 9.52. The van der Waals surface area contributed by atoms with Gasteiger partial charge in [-0.3, -0.25) is 4.90 Å². The van der Waals surface area contributed by atoms with Crippen LogP contribution in [0.25, 0.3) is 0 Å². The van der Waals surface area contributed by atoms with Crippen molar-refractivity contribution >= 4 is 0 Å². The number of hydrogen-bond acceptors (Lipinski definition) is 9. The minimum Gasteiger partial charge on any atom is -0.493 e. The van der Waals surface area contributed by atoms with Gasteiger partial charge in [-0.2, -0.15) is 5.26 Å². The number of hydrogen-bond donors (Lipinski definition) is 0. The minimum atomic E-state index is -0.837. The lowest BCUT2D eigenvalue weighted by molar-refractivity contribution is -0.767. The van der Waals surface area contributed by atoms with E-state index >= 15 is 0 Å². The van der Waals surface area contributed by atoms with Gasteiger partial charge >= 0.3 is 0 Å². The largest absolute Gasteiger partial charge is 0.493 e. The van der Waals surface area contributed by atoms with E-state index < -0.39 is 11.2 Å². The van der Waals surface area contributed by atoms with Crippen molar-refractivity contribution in [3.8, 4) is 29.1 Å². The van der Waals surface area contributed by atoms with Gasteiger partial charge in [0.1, 0.15) is 18.8 Å². The molecule has 3 atom stereocenters. The Labute approximate surface area is 231 Å². The molecule has 2 aromatic rings. The van der Waals surface area contributed by atoms with Gasteiger partial charge in [-0.15, -0.1) is 10.1 Å². The summed E-state index contributed by atoms with van der Waals surface area (Å²) < 4.78 is 23.3. The Bertz CT molecular complexity index is 1100. The Morgan fingerprint density at radius 3 is 2.23 bits per heavy atom. The summed E-state index contributed by atoms with van der Waals surface area (Å²) in [6.07, 6.45) is 0.967. The Morgan fingerprint density at radius 1 is 1.00 bits per heavy atom. The first-order valence-electron chi connectivity index (χ1n) is 13.1. The Morgan fingerprint density at radius 2 is 1.64 bits per heavy atom. The molecule has 0 N–H and O–H groups in total. The topological polar surface area (TPSA) is 116 Å². The molecule has 0 spiro atoms. The maximum atomic E-state index is 10.7. The van der Waals surface area contributed by atoms with Crippen LogP contribution in [0.1, 0.15) is 45.2 Å². The van der Waals surface area contributed by atoms with Crippen LogP contribution in [0.3, 0.4) is 0 Å². The van der Waals surface area contributed by atoms with E-state index in [9.17, 15) is 10.1 Å². The van der Waals surface area contributed by atoms with Gasteiger partial charge in [-0.1, -0.05) is 32.9 Å². The Hall–Kier alpha value is -3.71. The van der Waals surface area contributed by atoms with Crippen molar-refractivity contribution in [2.45, 2.75) is 65.2 Å². The molecular weight excluding hydrogens is 502 g/mol. The molecule has 10 nitrogen and oxygen atoms in total. The van der Waals surface area contributed by atoms with Gasteiger partial charge in [0.15, 0.2) is 23.0 Å². The molecule has 0 saturated carbocycles. The second-order valence-electron chi connectivity index (χ2n) is 9.79. The summed E-state index contributed by atoms with van der Waals surface area (Å²) in [5, 5.41) is 19.0. The predicted molar refractivity (Wildman–Crippen MR) is 148 cm³/mol. The number of ether oxygens (including phenoxy) is 4. The van der Waals surface area contributed by atoms with Gasteiger partial charge in [-0.25, -0.2) is 0 Å². The van der Waals surface area contributed by atoms with Crippen molar-refractivity contribution in [3.05, 3.63) is 57.6 Å². The van der Waals surface area contributed by atoms with Crippen LogP contribution < -0.4 is 18.9 Å². The number of benzene rings is 2. The molecule has 0 saturated heterocycles. The second-order valence-corrected chi connectivity index (χ2v) is 9.79. The lowest BCUT2D eigenvalue weighted by atomic mass is 9.95. The molecule has 214 valence electrons. The molecule has 0 aliphatic carbocycles. The first kappa shape index (κ1) is 31.5. The van der Waals surface area contributed by atoms with E-state index in [0.29, 0.717) is 23.0 Å². The van der Waals surface area contributed by atoms with E-state index in [1.54, 1.807) is 33.3 Å². The fraction of sp³-hybridized carbons (Fsp3) is 0.552. The standard InChI is InChI=1S/C29H41N3O7/c1-8-24(31(5)16-14-23-9-11-25(35-6)27(17-23)36-7)29(20(2)3)38-26-12-10-22(13-15-30)18-28(26)37-19-21(4)39-32(33)34/h9-12,17-18,20-21,24,29H,8,13-14,16,19H2,1-7H3. The van der Waals surface area contributed by atoms with Crippen molar-refractivity contribution in [1.29, 1.82) is 5.26 Å². The molecule has 0 aliphatic heterocycles. The van der Waals surface area contributed by atoms with Crippen molar-refractivity contribution in [2.24, 2.45) is 5.92 Å². The third-order valence-corrected chi connectivity index (χ3v) is 6.52. The number of likely N-dealkylation sites (N-methyl/N-ethyl adjacent to an activating group) is 1. The maximum absolute atomic E-state index is 10.7. The van der Waals surface area contributed by atoms with Crippen LogP contribution in [-0.4, -0.2) is 62.7 Å². The van der Waals surface area contributed by atoms with Crippen molar-refractivity contribution in [1.82, 2.24) is 4.90 Å². The monoisotopic (exact) mass is 543 g/mol. The predicted octanol–water partition coefficient (Wildman–Crippen LogP) is 5.10. The van der Waals surface area contributed by atoms with E-state index in [2.05, 4.69) is 43.6 Å². The zero-order valence-corrected chi connectivity index (χ0v) is 24.0. The van der Waals surface area contributed by atoms with Gasteiger partial charge in [0, 0.05) is 12.6 Å². The van der Waals surface area contributed by atoms with Crippen molar-refractivity contribution < 1.29 is 28.9 Å². The fourth-order valence-corrected chi connectivity index (χ4v) is 4.46. The van der Waals surface area contributed by atoms with E-state index in [0.717, 1.165) is 30.5 Å². The molecule has 10 heteroatoms. The molecular formula is C29H41N3O7. The number of methoxy groups -OCH3 is 2. The molecule has 0 heterocycles. The number of nitriles is 1. The summed E-state index contributed by atoms with van der Waals surface area (Å²) in [6, 6.07) is 13.6. The molecule has 0 bridgehead atoms. The summed E-state index contributed by atoms with van der Waals surface area (Å²) in [4.78, 5) is 17.5. The van der Waals surface area contributed by atoms with E-state index in [1.165, 1.54) is 0 Å². The van der Waals surface area contributed by atoms with Gasteiger partial charge in [-0.05, 0) is 68.1 Å². The summed E-state index contributed by atoms with van der Waals surface area (Å²) in [7, 11) is 5.35.